The minimum absolute atomic E-state index is 0. The maximum Gasteiger partial charge on any atom is 0.425 e. The normalized spacial score (nSPS) is 15.7. The van der Waals surface area contributed by atoms with Crippen molar-refractivity contribution in [2.75, 3.05) is 6.61 Å². The Balaban J connectivity index is -0.000000307. The van der Waals surface area contributed by atoms with Gasteiger partial charge in [0, 0.05) is 5.56 Å². The molecule has 1 N–H and O–H groups in total. The van der Waals surface area contributed by atoms with Crippen molar-refractivity contribution in [3.63, 3.8) is 0 Å². The van der Waals surface area contributed by atoms with Crippen molar-refractivity contribution in [3.8, 4) is 0 Å². The van der Waals surface area contributed by atoms with Crippen molar-refractivity contribution in [1.82, 2.24) is 0 Å². The second kappa shape index (κ2) is 51.3. The first kappa shape index (κ1) is 124. The molecule has 2 fully saturated rings. The Labute approximate surface area is 701 Å². The monoisotopic (exact) mass is 1750 g/mol. The number of rotatable bonds is 24. The van der Waals surface area contributed by atoms with Crippen LogP contribution >= 0.6 is 0 Å². The number of ether oxygens (including phenoxy) is 6. The minimum Gasteiger partial charge on any atom is -0.460 e. The third kappa shape index (κ3) is 43.8. The highest BCUT2D eigenvalue weighted by atomic mass is 19.4. The molecule has 4 rings (SSSR count). The molecule has 119 heavy (non-hydrogen) atoms. The van der Waals surface area contributed by atoms with Gasteiger partial charge in [-0.25, -0.2) is 22.0 Å². The van der Waals surface area contributed by atoms with E-state index in [2.05, 4.69) is 35.0 Å². The van der Waals surface area contributed by atoms with Crippen LogP contribution in [-0.2, 0) is 62.8 Å². The van der Waals surface area contributed by atoms with Crippen LogP contribution in [0, 0.1) is 67.5 Å². The highest BCUT2D eigenvalue weighted by molar-refractivity contribution is 5.78. The predicted octanol–water partition coefficient (Wildman–Crippen LogP) is 28.3. The molecule has 702 valence electrons. The van der Waals surface area contributed by atoms with Gasteiger partial charge < -0.3 is 33.5 Å². The fraction of sp³-hybridized carbons (Fsp3) is 0.798. The zero-order chi connectivity index (χ0) is 93.5. The van der Waals surface area contributed by atoms with E-state index in [-0.39, 0.29) is 71.4 Å². The van der Waals surface area contributed by atoms with Crippen LogP contribution in [0.2, 0.25) is 0 Å². The molecule has 0 aromatic heterocycles. The minimum atomic E-state index is -4.66. The van der Waals surface area contributed by atoms with E-state index in [4.69, 9.17) is 14.2 Å². The van der Waals surface area contributed by atoms with Crippen LogP contribution in [0.15, 0.2) is 24.3 Å². The van der Waals surface area contributed by atoms with Gasteiger partial charge in [0.2, 0.25) is 5.82 Å². The number of hydrogen-bond donors (Lipinski definition) is 1. The maximum atomic E-state index is 13.1. The summed E-state index contributed by atoms with van der Waals surface area (Å²) in [6, 6.07) is 5.97. The maximum absolute atomic E-state index is 13.1. The van der Waals surface area contributed by atoms with E-state index in [1.165, 1.54) is 64.0 Å². The fourth-order valence-electron chi connectivity index (χ4n) is 9.33. The van der Waals surface area contributed by atoms with Gasteiger partial charge in [0.25, 0.3) is 0 Å². The SMILES string of the molecule is C.C.CCC(C)(C)C(=O)OC(C)(C)C.CCC(C)(C)C(=O)OC(C)(C)C1CCCCC1.CCC(C)(C)C(=O)OC(C)C(F)(F)F.CCC(C)(C)C(=O)OC(C)C(F)(F)F.CCC(C)(C)C(=O)OCC(F)(F)F.CCC(C)c1c(F)c(F)c(F)c(F)c1F.CCC(C)c1ccc(C(C)(O)C(F)(F)F)cc1.CCC1(OC(=O)C(C)(C)CC)CCCC1. The average Bonchev–Trinajstić information content (AvgIpc) is 1.24. The van der Waals surface area contributed by atoms with Gasteiger partial charge >= 0.3 is 60.5 Å². The molecule has 2 aromatic rings. The van der Waals surface area contributed by atoms with Gasteiger partial charge in [-0.2, -0.15) is 52.7 Å². The summed E-state index contributed by atoms with van der Waals surface area (Å²) in [6.07, 6.45) is -5.38. The summed E-state index contributed by atoms with van der Waals surface area (Å²) in [5.41, 5.74) is -7.09. The number of carbonyl (C=O) groups excluding carboxylic acids is 6. The number of hydrogen-bond acceptors (Lipinski definition) is 13. The lowest BCUT2D eigenvalue weighted by Crippen LogP contribution is -2.41. The number of alkyl halides is 12. The predicted molar refractivity (Wildman–Crippen MR) is 434 cm³/mol. The lowest BCUT2D eigenvalue weighted by atomic mass is 9.78. The molecule has 0 spiro atoms. The molecular weight excluding hydrogens is 1600 g/mol. The molecule has 5 atom stereocenters. The van der Waals surface area contributed by atoms with Gasteiger partial charge in [-0.3, -0.25) is 28.8 Å². The van der Waals surface area contributed by atoms with E-state index in [1.54, 1.807) is 81.4 Å². The Morgan fingerprint density at radius 3 is 1.03 bits per heavy atom. The number of aliphatic hydroxyl groups is 1. The summed E-state index contributed by atoms with van der Waals surface area (Å²) in [7, 11) is 0. The lowest BCUT2D eigenvalue weighted by molar-refractivity contribution is -0.258. The van der Waals surface area contributed by atoms with Crippen LogP contribution in [0.3, 0.4) is 0 Å². The Hall–Kier alpha value is -5.97. The zero-order valence-corrected chi connectivity index (χ0v) is 75.4. The topological polar surface area (TPSA) is 178 Å². The van der Waals surface area contributed by atoms with E-state index in [1.807, 2.05) is 96.9 Å². The average molecular weight is 1750 g/mol. The van der Waals surface area contributed by atoms with Crippen molar-refractivity contribution in [2.24, 2.45) is 38.4 Å². The Kier molecular flexibility index (Phi) is 53.4. The first-order valence-electron chi connectivity index (χ1n) is 40.4. The summed E-state index contributed by atoms with van der Waals surface area (Å²) in [6.45, 7) is 52.1. The van der Waals surface area contributed by atoms with Crippen LogP contribution < -0.4 is 0 Å². The van der Waals surface area contributed by atoms with Crippen molar-refractivity contribution >= 4 is 35.8 Å². The molecule has 2 aromatic carbocycles. The standard InChI is InChI=1S/C15H28O2.C13H17F3O.C13H24O2.C10H9F5.C10H20O2.2C9H15F3O2.C8H13F3O2.2CH4/c1-6-14(2,3)13(16)17-15(4,5)12-10-8-7-9-11-12;1-4-9(2)10-5-7-11(8-6-10)12(3,17)13(14,15)16;1-5-12(3,4)11(14)15-13(6-2)9-7-8-10-13;1-3-4(2)5-6(11)8(13)10(15)9(14)7(5)12;1-7-10(5,6)8(11)12-9(2,3)4;2*1-5-8(3,4)7(13)14-6(2)9(10,11)12;1-4-7(2,3)6(12)13-5-8(9,10)11;;/h12H,6-11H2,1-5H3;5-9,17H,4H2,1-3H3;5-10H2,1-4H3;4H,3H2,1-2H3;7H2,1-6H3;2*6H,5H2,1-4H3;4-5H2,1-3H3;2*1H4. The van der Waals surface area contributed by atoms with Crippen LogP contribution in [-0.4, -0.2) is 101 Å². The van der Waals surface area contributed by atoms with Crippen molar-refractivity contribution < 1.29 is 137 Å². The lowest BCUT2D eigenvalue weighted by Gasteiger charge is -2.38. The third-order valence-corrected chi connectivity index (χ3v) is 21.8. The molecule has 2 aliphatic rings. The Morgan fingerprint density at radius 1 is 0.420 bits per heavy atom. The van der Waals surface area contributed by atoms with Gasteiger partial charge in [-0.1, -0.05) is 135 Å². The largest absolute Gasteiger partial charge is 0.460 e. The highest BCUT2D eigenvalue weighted by Gasteiger charge is 2.51. The Morgan fingerprint density at radius 2 is 0.731 bits per heavy atom. The molecular formula is C89H149F17O13. The van der Waals surface area contributed by atoms with Crippen molar-refractivity contribution in [1.29, 1.82) is 0 Å². The molecule has 0 aliphatic heterocycles. The summed E-state index contributed by atoms with van der Waals surface area (Å²) < 4.78 is 239. The molecule has 2 aliphatic carbocycles. The van der Waals surface area contributed by atoms with Crippen molar-refractivity contribution in [3.05, 3.63) is 70.0 Å². The quantitative estimate of drug-likeness (QED) is 0.0345. The molecule has 13 nitrogen and oxygen atoms in total. The van der Waals surface area contributed by atoms with Crippen LogP contribution in [0.5, 0.6) is 0 Å². The van der Waals surface area contributed by atoms with Gasteiger partial charge in [-0.05, 0) is 264 Å². The summed E-state index contributed by atoms with van der Waals surface area (Å²) in [4.78, 5) is 69.1. The second-order valence-corrected chi connectivity index (χ2v) is 35.6. The second-order valence-electron chi connectivity index (χ2n) is 35.6. The van der Waals surface area contributed by atoms with Crippen LogP contribution in [0.4, 0.5) is 74.6 Å². The molecule has 0 saturated heterocycles. The van der Waals surface area contributed by atoms with E-state index in [0.29, 0.717) is 37.5 Å². The van der Waals surface area contributed by atoms with E-state index >= 15 is 0 Å². The molecule has 0 radical (unpaired) electrons. The first-order valence-corrected chi connectivity index (χ1v) is 40.4. The molecule has 2 saturated carbocycles. The van der Waals surface area contributed by atoms with Gasteiger partial charge in [-0.15, -0.1) is 0 Å². The van der Waals surface area contributed by atoms with Gasteiger partial charge in [0.1, 0.15) is 16.8 Å². The van der Waals surface area contributed by atoms with Gasteiger partial charge in [0.15, 0.2) is 47.7 Å². The fourth-order valence-corrected chi connectivity index (χ4v) is 9.33. The molecule has 0 bridgehead atoms. The van der Waals surface area contributed by atoms with Crippen LogP contribution in [0.1, 0.15) is 374 Å². The third-order valence-electron chi connectivity index (χ3n) is 21.8. The van der Waals surface area contributed by atoms with Crippen molar-refractivity contribution in [2.45, 2.75) is 416 Å². The zero-order valence-electron chi connectivity index (χ0n) is 75.4. The number of benzene rings is 2. The van der Waals surface area contributed by atoms with Gasteiger partial charge in [0.05, 0.1) is 32.5 Å². The Bertz CT molecular complexity index is 3220. The van der Waals surface area contributed by atoms with E-state index < -0.39 is 124 Å². The highest BCUT2D eigenvalue weighted by Crippen LogP contribution is 2.42. The molecule has 0 amide bonds. The molecule has 0 heterocycles. The summed E-state index contributed by atoms with van der Waals surface area (Å²) in [5, 5.41) is 9.48. The number of halogens is 17. The number of esters is 6. The summed E-state index contributed by atoms with van der Waals surface area (Å²) >= 11 is 0. The molecule has 5 unspecified atom stereocenters. The molecule has 30 heteroatoms. The number of carbonyl (C=O) groups is 6. The van der Waals surface area contributed by atoms with E-state index in [9.17, 15) is 109 Å². The smallest absolute Gasteiger partial charge is 0.425 e. The summed E-state index contributed by atoms with van der Waals surface area (Å²) in [5.74, 6) is -11.8. The van der Waals surface area contributed by atoms with Crippen LogP contribution in [0.25, 0.3) is 0 Å². The van der Waals surface area contributed by atoms with E-state index in [0.717, 1.165) is 71.3 Å². The first-order chi connectivity index (χ1) is 52.5.